The van der Waals surface area contributed by atoms with E-state index in [0.29, 0.717) is 35.8 Å². The van der Waals surface area contributed by atoms with Gasteiger partial charge in [-0.05, 0) is 69.4 Å². The van der Waals surface area contributed by atoms with Crippen LogP contribution < -0.4 is 4.90 Å². The highest BCUT2D eigenvalue weighted by Crippen LogP contribution is 2.43. The Morgan fingerprint density at radius 3 is 2.20 bits per heavy atom. The molecule has 1 aliphatic rings. The molecule has 2 heterocycles. The van der Waals surface area contributed by atoms with Crippen LogP contribution in [0.2, 0.25) is 0 Å². The molecule has 0 unspecified atom stereocenters. The molecule has 1 saturated heterocycles. The van der Waals surface area contributed by atoms with Gasteiger partial charge in [-0.1, -0.05) is 12.1 Å². The Bertz CT molecular complexity index is 1280. The summed E-state index contributed by atoms with van der Waals surface area (Å²) in [7, 11) is 3.68. The van der Waals surface area contributed by atoms with Gasteiger partial charge in [-0.25, -0.2) is 4.39 Å². The van der Waals surface area contributed by atoms with Gasteiger partial charge in [-0.15, -0.1) is 5.10 Å². The van der Waals surface area contributed by atoms with Crippen molar-refractivity contribution in [2.75, 3.05) is 32.1 Å². The standard InChI is InChI=1S/C26H28F7N5O2/c1-15(16-11-18(25(28,29)30)13-19(12-16)26(31,32)33)40-23-24(2,17-5-7-20(27)8-6-17)38(9-10-39-23)22-21(14-37(3)4)34-36-35-22/h5-8,11-13,15,23H,9-10,14H2,1-4H3,(H,34,35,36)/t15-,23-,24+/m1/s1. The first-order valence-electron chi connectivity index (χ1n) is 12.2. The Morgan fingerprint density at radius 1 is 1.05 bits per heavy atom. The highest BCUT2D eigenvalue weighted by molar-refractivity contribution is 5.50. The lowest BCUT2D eigenvalue weighted by atomic mass is 9.87. The van der Waals surface area contributed by atoms with E-state index in [1.807, 2.05) is 23.9 Å². The predicted molar refractivity (Wildman–Crippen MR) is 131 cm³/mol. The number of ether oxygens (including phenoxy) is 2. The van der Waals surface area contributed by atoms with Crippen LogP contribution in [-0.2, 0) is 33.9 Å². The van der Waals surface area contributed by atoms with Crippen LogP contribution in [0.5, 0.6) is 0 Å². The second-order valence-corrected chi connectivity index (χ2v) is 9.96. The quantitative estimate of drug-likeness (QED) is 0.354. The number of halogens is 7. The summed E-state index contributed by atoms with van der Waals surface area (Å²) in [6.45, 7) is 3.86. The summed E-state index contributed by atoms with van der Waals surface area (Å²) in [5.74, 6) is -0.0525. The van der Waals surface area contributed by atoms with E-state index in [1.165, 1.54) is 31.2 Å². The van der Waals surface area contributed by atoms with E-state index in [0.717, 1.165) is 0 Å². The number of anilines is 1. The van der Waals surface area contributed by atoms with Crippen LogP contribution >= 0.6 is 0 Å². The average Bonchev–Trinajstić information content (AvgIpc) is 3.31. The van der Waals surface area contributed by atoms with Gasteiger partial charge in [0.05, 0.1) is 23.8 Å². The number of aromatic amines is 1. The summed E-state index contributed by atoms with van der Waals surface area (Å²) in [5.41, 5.74) is -3.37. The van der Waals surface area contributed by atoms with E-state index in [4.69, 9.17) is 9.47 Å². The van der Waals surface area contributed by atoms with Crippen molar-refractivity contribution in [3.8, 4) is 0 Å². The molecule has 1 N–H and O–H groups in total. The van der Waals surface area contributed by atoms with Crippen LogP contribution in [-0.4, -0.2) is 53.8 Å². The monoisotopic (exact) mass is 575 g/mol. The lowest BCUT2D eigenvalue weighted by Gasteiger charge is -2.50. The van der Waals surface area contributed by atoms with Gasteiger partial charge < -0.3 is 19.3 Å². The lowest BCUT2D eigenvalue weighted by molar-refractivity contribution is -0.217. The lowest BCUT2D eigenvalue weighted by Crippen LogP contribution is -2.60. The van der Waals surface area contributed by atoms with E-state index >= 15 is 0 Å². The Morgan fingerprint density at radius 2 is 1.65 bits per heavy atom. The Labute approximate surface area is 225 Å². The molecule has 0 amide bonds. The molecular weight excluding hydrogens is 547 g/mol. The van der Waals surface area contributed by atoms with Crippen LogP contribution in [0.1, 0.15) is 47.9 Å². The molecule has 14 heteroatoms. The second-order valence-electron chi connectivity index (χ2n) is 9.96. The van der Waals surface area contributed by atoms with Gasteiger partial charge in [0, 0.05) is 13.1 Å². The summed E-state index contributed by atoms with van der Waals surface area (Å²) in [4.78, 5) is 3.70. The molecule has 4 rings (SSSR count). The smallest absolute Gasteiger partial charge is 0.348 e. The predicted octanol–water partition coefficient (Wildman–Crippen LogP) is 5.90. The van der Waals surface area contributed by atoms with Crippen LogP contribution in [0, 0.1) is 5.82 Å². The maximum Gasteiger partial charge on any atom is 0.416 e. The van der Waals surface area contributed by atoms with Gasteiger partial charge in [0.25, 0.3) is 0 Å². The van der Waals surface area contributed by atoms with Gasteiger partial charge >= 0.3 is 12.4 Å². The summed E-state index contributed by atoms with van der Waals surface area (Å²) in [6, 6.07) is 6.81. The SMILES string of the molecule is C[C@@H](O[C@H]1OCCN(c2n[nH]nc2CN(C)C)[C@@]1(C)c1ccc(F)cc1)c1cc(C(F)(F)F)cc(C(F)(F)F)c1. The number of hydrogen-bond acceptors (Lipinski definition) is 6. The molecule has 1 aliphatic heterocycles. The number of aromatic nitrogens is 3. The number of benzene rings is 2. The number of nitrogens with one attached hydrogen (secondary N) is 1. The van der Waals surface area contributed by atoms with Crippen molar-refractivity contribution >= 4 is 5.82 Å². The van der Waals surface area contributed by atoms with Crippen LogP contribution in [0.4, 0.5) is 36.6 Å². The first-order valence-corrected chi connectivity index (χ1v) is 12.2. The zero-order chi connectivity index (χ0) is 29.5. The molecule has 0 radical (unpaired) electrons. The first-order chi connectivity index (χ1) is 18.6. The third-order valence-electron chi connectivity index (χ3n) is 6.76. The minimum atomic E-state index is -5.01. The molecule has 1 fully saturated rings. The molecule has 1 aromatic heterocycles. The largest absolute Gasteiger partial charge is 0.416 e. The fourth-order valence-electron chi connectivity index (χ4n) is 4.70. The molecule has 0 spiro atoms. The Hall–Kier alpha value is -3.23. The molecule has 3 aromatic rings. The minimum absolute atomic E-state index is 0.0640. The molecule has 3 atom stereocenters. The number of morpholine rings is 1. The van der Waals surface area contributed by atoms with Gasteiger partial charge in [0.15, 0.2) is 12.1 Å². The second kappa shape index (κ2) is 11.0. The summed E-state index contributed by atoms with van der Waals surface area (Å²) in [5, 5.41) is 11.1. The number of rotatable bonds is 7. The van der Waals surface area contributed by atoms with Crippen molar-refractivity contribution in [1.82, 2.24) is 20.3 Å². The van der Waals surface area contributed by atoms with Crippen molar-refractivity contribution in [2.45, 2.75) is 50.7 Å². The third-order valence-corrected chi connectivity index (χ3v) is 6.76. The third kappa shape index (κ3) is 6.08. The Kier molecular flexibility index (Phi) is 8.16. The van der Waals surface area contributed by atoms with Crippen LogP contribution in [0.3, 0.4) is 0 Å². The van der Waals surface area contributed by atoms with E-state index in [2.05, 4.69) is 15.4 Å². The van der Waals surface area contributed by atoms with Crippen LogP contribution in [0.25, 0.3) is 0 Å². The van der Waals surface area contributed by atoms with E-state index in [1.54, 1.807) is 6.92 Å². The number of H-pyrrole nitrogens is 1. The average molecular weight is 576 g/mol. The highest BCUT2D eigenvalue weighted by Gasteiger charge is 2.49. The summed E-state index contributed by atoms with van der Waals surface area (Å²) >= 11 is 0. The van der Waals surface area contributed by atoms with Crippen molar-refractivity contribution in [1.29, 1.82) is 0 Å². The van der Waals surface area contributed by atoms with E-state index < -0.39 is 47.2 Å². The molecule has 218 valence electrons. The molecule has 0 aliphatic carbocycles. The summed E-state index contributed by atoms with van der Waals surface area (Å²) < 4.78 is 107. The Balaban J connectivity index is 1.77. The minimum Gasteiger partial charge on any atom is -0.348 e. The molecule has 2 aromatic carbocycles. The van der Waals surface area contributed by atoms with Gasteiger partial charge in [-0.3, -0.25) is 0 Å². The molecular formula is C26H28F7N5O2. The van der Waals surface area contributed by atoms with Crippen molar-refractivity contribution in [3.05, 3.63) is 76.2 Å². The number of hydrogen-bond donors (Lipinski definition) is 1. The number of alkyl halides is 6. The highest BCUT2D eigenvalue weighted by atomic mass is 19.4. The zero-order valence-electron chi connectivity index (χ0n) is 22.1. The van der Waals surface area contributed by atoms with Crippen molar-refractivity contribution < 1.29 is 40.2 Å². The van der Waals surface area contributed by atoms with E-state index in [9.17, 15) is 30.7 Å². The van der Waals surface area contributed by atoms with Crippen LogP contribution in [0.15, 0.2) is 42.5 Å². The molecule has 0 saturated carbocycles. The van der Waals surface area contributed by atoms with Gasteiger partial charge in [-0.2, -0.15) is 36.7 Å². The summed E-state index contributed by atoms with van der Waals surface area (Å²) in [6.07, 6.45) is -12.5. The zero-order valence-corrected chi connectivity index (χ0v) is 22.1. The first kappa shape index (κ1) is 29.7. The van der Waals surface area contributed by atoms with Gasteiger partial charge in [0.2, 0.25) is 0 Å². The van der Waals surface area contributed by atoms with E-state index in [-0.39, 0.29) is 24.8 Å². The van der Waals surface area contributed by atoms with Gasteiger partial charge in [0.1, 0.15) is 17.1 Å². The molecule has 40 heavy (non-hydrogen) atoms. The van der Waals surface area contributed by atoms with Crippen molar-refractivity contribution in [2.24, 2.45) is 0 Å². The fraction of sp³-hybridized carbons (Fsp3) is 0.462. The normalized spacial score (nSPS) is 21.2. The maximum atomic E-state index is 13.9. The van der Waals surface area contributed by atoms with Crippen molar-refractivity contribution in [3.63, 3.8) is 0 Å². The molecule has 7 nitrogen and oxygen atoms in total. The molecule has 0 bridgehead atoms. The number of nitrogens with zero attached hydrogens (tertiary/aromatic N) is 4. The fourth-order valence-corrected chi connectivity index (χ4v) is 4.70. The topological polar surface area (TPSA) is 66.5 Å². The maximum absolute atomic E-state index is 13.9.